The molecule has 160 valence electrons. The van der Waals surface area contributed by atoms with Crippen molar-refractivity contribution in [2.45, 2.75) is 48.5 Å². The summed E-state index contributed by atoms with van der Waals surface area (Å²) in [5.74, 6) is 0.681. The Balaban J connectivity index is 1.60. The van der Waals surface area contributed by atoms with Crippen LogP contribution >= 0.6 is 0 Å². The van der Waals surface area contributed by atoms with Crippen molar-refractivity contribution >= 4 is 32.2 Å². The highest BCUT2D eigenvalue weighted by Crippen LogP contribution is 2.43. The lowest BCUT2D eigenvalue weighted by atomic mass is 10.1. The van der Waals surface area contributed by atoms with Crippen LogP contribution in [0.5, 0.6) is 0 Å². The minimum absolute atomic E-state index is 0.113. The number of fused-ring (bicyclic) bond motifs is 2. The number of nitrogens with one attached hydrogen (secondary N) is 2. The molecule has 2 aliphatic rings. The Morgan fingerprint density at radius 1 is 1.39 bits per heavy atom. The molecular formula is C21H21N5O4S. The van der Waals surface area contributed by atoms with E-state index in [-0.39, 0.29) is 16.5 Å². The van der Waals surface area contributed by atoms with Crippen LogP contribution in [0.15, 0.2) is 40.2 Å². The Morgan fingerprint density at radius 3 is 2.87 bits per heavy atom. The summed E-state index contributed by atoms with van der Waals surface area (Å²) in [7, 11) is -3.56. The second-order valence-corrected chi connectivity index (χ2v) is 10.5. The number of rotatable bonds is 5. The molecule has 9 nitrogen and oxygen atoms in total. The molecule has 0 radical (unpaired) electrons. The van der Waals surface area contributed by atoms with Crippen LogP contribution in [0.25, 0.3) is 10.9 Å². The van der Waals surface area contributed by atoms with Crippen molar-refractivity contribution in [2.75, 3.05) is 5.32 Å². The van der Waals surface area contributed by atoms with E-state index in [1.165, 1.54) is 13.0 Å². The van der Waals surface area contributed by atoms with Crippen molar-refractivity contribution in [3.8, 4) is 6.07 Å². The molecule has 2 unspecified atom stereocenters. The minimum atomic E-state index is -3.56. The maximum Gasteiger partial charge on any atom is 0.261 e. The summed E-state index contributed by atoms with van der Waals surface area (Å²) < 4.78 is 26.6. The highest BCUT2D eigenvalue weighted by Gasteiger charge is 2.41. The number of benzene rings is 1. The molecule has 1 aliphatic carbocycles. The van der Waals surface area contributed by atoms with Gasteiger partial charge in [0.05, 0.1) is 40.3 Å². The van der Waals surface area contributed by atoms with Crippen molar-refractivity contribution in [3.05, 3.63) is 46.4 Å². The van der Waals surface area contributed by atoms with Gasteiger partial charge in [-0.1, -0.05) is 0 Å². The summed E-state index contributed by atoms with van der Waals surface area (Å²) in [5.41, 5.74) is 1.17. The maximum absolute atomic E-state index is 12.6. The van der Waals surface area contributed by atoms with Crippen LogP contribution in [0, 0.1) is 17.2 Å². The van der Waals surface area contributed by atoms with E-state index >= 15 is 0 Å². The summed E-state index contributed by atoms with van der Waals surface area (Å²) >= 11 is 0. The zero-order valence-electron chi connectivity index (χ0n) is 16.7. The number of sulfone groups is 1. The van der Waals surface area contributed by atoms with Gasteiger partial charge in [0.15, 0.2) is 15.7 Å². The number of nitrogens with zero attached hydrogens (tertiary/aromatic N) is 3. The van der Waals surface area contributed by atoms with Gasteiger partial charge in [0.1, 0.15) is 5.39 Å². The van der Waals surface area contributed by atoms with Crippen molar-refractivity contribution in [1.82, 2.24) is 14.8 Å². The average molecular weight is 439 g/mol. The van der Waals surface area contributed by atoms with E-state index in [0.29, 0.717) is 40.3 Å². The largest absolute Gasteiger partial charge is 0.387 e. The molecule has 0 bridgehead atoms. The lowest BCUT2D eigenvalue weighted by Crippen LogP contribution is -2.16. The molecule has 3 aromatic rings. The highest BCUT2D eigenvalue weighted by molar-refractivity contribution is 7.92. The van der Waals surface area contributed by atoms with Crippen LogP contribution in [-0.4, -0.2) is 33.5 Å². The van der Waals surface area contributed by atoms with E-state index in [1.807, 2.05) is 0 Å². The van der Waals surface area contributed by atoms with Gasteiger partial charge < -0.3 is 15.4 Å². The quantitative estimate of drug-likeness (QED) is 0.555. The van der Waals surface area contributed by atoms with Gasteiger partial charge in [-0.25, -0.2) is 8.42 Å². The Hall–Kier alpha value is -3.16. The minimum Gasteiger partial charge on any atom is -0.387 e. The number of pyridine rings is 1. The first-order valence-electron chi connectivity index (χ1n) is 10.1. The summed E-state index contributed by atoms with van der Waals surface area (Å²) in [6.07, 6.45) is 2.79. The van der Waals surface area contributed by atoms with Gasteiger partial charge in [-0.15, -0.1) is 0 Å². The van der Waals surface area contributed by atoms with Gasteiger partial charge in [-0.2, -0.15) is 10.4 Å². The van der Waals surface area contributed by atoms with Crippen molar-refractivity contribution < 1.29 is 13.5 Å². The van der Waals surface area contributed by atoms with E-state index in [9.17, 15) is 23.6 Å². The monoisotopic (exact) mass is 439 g/mol. The van der Waals surface area contributed by atoms with Crippen LogP contribution in [-0.2, 0) is 9.84 Å². The van der Waals surface area contributed by atoms with Crippen LogP contribution in [0.1, 0.15) is 43.9 Å². The zero-order valence-corrected chi connectivity index (χ0v) is 17.6. The van der Waals surface area contributed by atoms with E-state index in [0.717, 1.165) is 12.8 Å². The van der Waals surface area contributed by atoms with E-state index in [4.69, 9.17) is 0 Å². The van der Waals surface area contributed by atoms with Crippen molar-refractivity contribution in [3.63, 3.8) is 0 Å². The summed E-state index contributed by atoms with van der Waals surface area (Å²) in [5, 5.41) is 26.9. The third kappa shape index (κ3) is 3.04. The van der Waals surface area contributed by atoms with Crippen LogP contribution < -0.4 is 10.9 Å². The third-order valence-corrected chi connectivity index (χ3v) is 8.46. The predicted octanol–water partition coefficient (Wildman–Crippen LogP) is 2.54. The maximum atomic E-state index is 12.6. The molecular weight excluding hydrogens is 418 g/mol. The second-order valence-electron chi connectivity index (χ2n) is 8.20. The molecule has 0 amide bonds. The molecule has 2 aromatic heterocycles. The summed E-state index contributed by atoms with van der Waals surface area (Å²) in [6.45, 7) is 1.48. The Bertz CT molecular complexity index is 1400. The fraction of sp³-hybridized carbons (Fsp3) is 0.381. The lowest BCUT2D eigenvalue weighted by Gasteiger charge is -2.14. The number of aromatic amines is 1. The predicted molar refractivity (Wildman–Crippen MR) is 114 cm³/mol. The molecule has 3 N–H and O–H groups in total. The molecule has 3 atom stereocenters. The number of hydrogen-bond acceptors (Lipinski definition) is 7. The molecule has 10 heteroatoms. The summed E-state index contributed by atoms with van der Waals surface area (Å²) in [6, 6.07) is 8.51. The normalized spacial score (nSPS) is 22.7. The molecule has 31 heavy (non-hydrogen) atoms. The molecule has 0 saturated heterocycles. The topological polar surface area (TPSA) is 141 Å². The first kappa shape index (κ1) is 19.8. The Kier molecular flexibility index (Phi) is 4.42. The molecule has 1 saturated carbocycles. The first-order chi connectivity index (χ1) is 14.8. The number of aromatic nitrogens is 3. The summed E-state index contributed by atoms with van der Waals surface area (Å²) in [4.78, 5) is 15.4. The average Bonchev–Trinajstić information content (AvgIpc) is 3.50. The number of hydrogen-bond donors (Lipinski definition) is 3. The van der Waals surface area contributed by atoms with E-state index in [1.54, 1.807) is 29.1 Å². The fourth-order valence-electron chi connectivity index (χ4n) is 4.34. The lowest BCUT2D eigenvalue weighted by molar-refractivity contribution is 0.179. The zero-order chi connectivity index (χ0) is 21.9. The van der Waals surface area contributed by atoms with Gasteiger partial charge in [0.2, 0.25) is 0 Å². The van der Waals surface area contributed by atoms with Crippen molar-refractivity contribution in [2.24, 2.45) is 5.92 Å². The number of aliphatic hydroxyl groups is 1. The van der Waals surface area contributed by atoms with E-state index < -0.39 is 21.2 Å². The van der Waals surface area contributed by atoms with Crippen LogP contribution in [0.4, 0.5) is 11.5 Å². The molecule has 0 spiro atoms. The number of H-pyrrole nitrogens is 1. The SMILES string of the molecule is C[C@H]1C(O)c2cc(Nc3nn(C(CC#N)C4CC4)c4cc[nH]c(=O)c34)ccc2S1(=O)=O. The van der Waals surface area contributed by atoms with Gasteiger partial charge in [-0.05, 0) is 49.9 Å². The highest BCUT2D eigenvalue weighted by atomic mass is 32.2. The Morgan fingerprint density at radius 2 is 2.16 bits per heavy atom. The number of aliphatic hydroxyl groups excluding tert-OH is 1. The van der Waals surface area contributed by atoms with Gasteiger partial charge in [0, 0.05) is 17.4 Å². The van der Waals surface area contributed by atoms with Gasteiger partial charge in [-0.3, -0.25) is 9.48 Å². The first-order valence-corrected chi connectivity index (χ1v) is 11.7. The Labute approximate surface area is 178 Å². The fourth-order valence-corrected chi connectivity index (χ4v) is 6.00. The van der Waals surface area contributed by atoms with Gasteiger partial charge in [0.25, 0.3) is 5.56 Å². The molecule has 5 rings (SSSR count). The molecule has 1 fully saturated rings. The smallest absolute Gasteiger partial charge is 0.261 e. The number of nitriles is 1. The van der Waals surface area contributed by atoms with Crippen LogP contribution in [0.3, 0.4) is 0 Å². The second kappa shape index (κ2) is 6.93. The van der Waals surface area contributed by atoms with Gasteiger partial charge >= 0.3 is 0 Å². The third-order valence-electron chi connectivity index (χ3n) is 6.24. The van der Waals surface area contributed by atoms with E-state index in [2.05, 4.69) is 21.5 Å². The van der Waals surface area contributed by atoms with Crippen molar-refractivity contribution in [1.29, 1.82) is 5.26 Å². The number of anilines is 2. The molecule has 1 aromatic carbocycles. The molecule has 3 heterocycles. The standard InChI is InChI=1S/C21H21N5O4S/c1-11-19(27)14-10-13(4-5-17(14)31(11,29)30)24-20-18-16(7-9-23-21(18)28)26(25-20)15(6-8-22)12-2-3-12/h4-5,7,9-12,15,19,27H,2-3,6H2,1H3,(H,23,28)(H,24,25)/t11-,15?,19?/m0/s1. The molecule has 1 aliphatic heterocycles. The van der Waals surface area contributed by atoms with Crippen LogP contribution in [0.2, 0.25) is 0 Å².